The van der Waals surface area contributed by atoms with E-state index in [9.17, 15) is 27.9 Å². The molecule has 8 heteroatoms. The average molecular weight is 445 g/mol. The molecule has 3 aliphatic carbocycles. The molecule has 4 fully saturated rings. The van der Waals surface area contributed by atoms with Gasteiger partial charge in [-0.3, -0.25) is 9.59 Å². The highest BCUT2D eigenvalue weighted by Gasteiger charge is 2.51. The summed E-state index contributed by atoms with van der Waals surface area (Å²) in [7, 11) is 0. The molecule has 4 aliphatic rings. The fourth-order valence-electron chi connectivity index (χ4n) is 6.33. The summed E-state index contributed by atoms with van der Waals surface area (Å²) in [6, 6.07) is 0. The Morgan fingerprint density at radius 1 is 0.903 bits per heavy atom. The maximum Gasteiger partial charge on any atom is 0.392 e. The van der Waals surface area contributed by atoms with Crippen LogP contribution in [0, 0.1) is 29.6 Å². The molecule has 1 N–H and O–H groups in total. The summed E-state index contributed by atoms with van der Waals surface area (Å²) in [6.45, 7) is 3.68. The number of hydrogen-bond acceptors (Lipinski definition) is 3. The van der Waals surface area contributed by atoms with E-state index in [0.717, 1.165) is 32.1 Å². The highest BCUT2D eigenvalue weighted by Crippen LogP contribution is 2.49. The fraction of sp³-hybridized carbons (Fsp3) is 0.913. The number of alkyl halides is 3. The molecule has 176 valence electrons. The molecule has 0 aromatic heterocycles. The number of aliphatic hydroxyl groups is 1. The molecule has 1 saturated heterocycles. The van der Waals surface area contributed by atoms with Gasteiger partial charge in [-0.2, -0.15) is 13.2 Å². The lowest BCUT2D eigenvalue weighted by atomic mass is 9.63. The lowest BCUT2D eigenvalue weighted by Crippen LogP contribution is -2.54. The van der Waals surface area contributed by atoms with Crippen LogP contribution in [0.5, 0.6) is 0 Å². The van der Waals surface area contributed by atoms with Crippen LogP contribution in [0.1, 0.15) is 64.7 Å². The summed E-state index contributed by atoms with van der Waals surface area (Å²) in [4.78, 5) is 28.7. The molecule has 3 atom stereocenters. The minimum absolute atomic E-state index is 0.0524. The van der Waals surface area contributed by atoms with Gasteiger partial charge >= 0.3 is 6.18 Å². The number of carbonyl (C=O) groups is 2. The maximum absolute atomic E-state index is 13.4. The van der Waals surface area contributed by atoms with E-state index >= 15 is 0 Å². The first-order valence-electron chi connectivity index (χ1n) is 12.0. The lowest BCUT2D eigenvalue weighted by molar-refractivity contribution is -0.203. The number of hydrogen-bond donors (Lipinski definition) is 1. The molecule has 1 heterocycles. The van der Waals surface area contributed by atoms with Gasteiger partial charge in [0.15, 0.2) is 0 Å². The zero-order valence-corrected chi connectivity index (χ0v) is 18.4. The van der Waals surface area contributed by atoms with E-state index in [0.29, 0.717) is 45.4 Å². The molecule has 3 saturated carbocycles. The van der Waals surface area contributed by atoms with Gasteiger partial charge in [-0.05, 0) is 69.1 Å². The van der Waals surface area contributed by atoms with Gasteiger partial charge in [0.25, 0.3) is 5.91 Å². The van der Waals surface area contributed by atoms with Gasteiger partial charge in [0.1, 0.15) is 5.60 Å². The molecule has 5 nitrogen and oxygen atoms in total. The first kappa shape index (κ1) is 22.9. The average Bonchev–Trinajstić information content (AvgIpc) is 3.51. The van der Waals surface area contributed by atoms with E-state index in [1.807, 2.05) is 4.90 Å². The number of piperazine rings is 1. The Kier molecular flexibility index (Phi) is 6.32. The van der Waals surface area contributed by atoms with Crippen molar-refractivity contribution in [3.63, 3.8) is 0 Å². The van der Waals surface area contributed by atoms with Crippen molar-refractivity contribution < 1.29 is 27.9 Å². The Bertz CT molecular complexity index is 678. The van der Waals surface area contributed by atoms with Crippen LogP contribution in [0.2, 0.25) is 0 Å². The van der Waals surface area contributed by atoms with Crippen molar-refractivity contribution in [2.45, 2.75) is 76.5 Å². The van der Waals surface area contributed by atoms with Crippen molar-refractivity contribution >= 4 is 11.8 Å². The Morgan fingerprint density at radius 2 is 1.48 bits per heavy atom. The first-order valence-corrected chi connectivity index (χ1v) is 12.0. The van der Waals surface area contributed by atoms with Crippen LogP contribution in [0.15, 0.2) is 0 Å². The van der Waals surface area contributed by atoms with E-state index in [1.165, 1.54) is 0 Å². The third kappa shape index (κ3) is 4.74. The lowest BCUT2D eigenvalue weighted by Gasteiger charge is -2.44. The topological polar surface area (TPSA) is 60.9 Å². The van der Waals surface area contributed by atoms with Crippen molar-refractivity contribution in [3.05, 3.63) is 0 Å². The van der Waals surface area contributed by atoms with Gasteiger partial charge in [-0.1, -0.05) is 13.3 Å². The van der Waals surface area contributed by atoms with Crippen molar-refractivity contribution in [2.75, 3.05) is 26.2 Å². The van der Waals surface area contributed by atoms with E-state index in [2.05, 4.69) is 0 Å². The normalized spacial score (nSPS) is 36.2. The number of halogens is 3. The van der Waals surface area contributed by atoms with Gasteiger partial charge in [-0.15, -0.1) is 0 Å². The monoisotopic (exact) mass is 444 g/mol. The number of carbonyl (C=O) groups excluding carboxylic acids is 2. The first-order chi connectivity index (χ1) is 14.6. The van der Waals surface area contributed by atoms with Gasteiger partial charge in [-0.25, -0.2) is 0 Å². The quantitative estimate of drug-likeness (QED) is 0.724. The second-order valence-electron chi connectivity index (χ2n) is 10.4. The Balaban J connectivity index is 1.25. The van der Waals surface area contributed by atoms with Crippen LogP contribution in [0.4, 0.5) is 13.2 Å². The van der Waals surface area contributed by atoms with Crippen LogP contribution in [-0.2, 0) is 9.59 Å². The molecule has 0 bridgehead atoms. The molecule has 3 unspecified atom stereocenters. The second-order valence-corrected chi connectivity index (χ2v) is 10.4. The summed E-state index contributed by atoms with van der Waals surface area (Å²) in [6.07, 6.45) is 1.89. The minimum Gasteiger partial charge on any atom is -0.380 e. The molecule has 0 aromatic rings. The van der Waals surface area contributed by atoms with Gasteiger partial charge in [0.2, 0.25) is 5.91 Å². The number of rotatable bonds is 3. The van der Waals surface area contributed by atoms with Crippen LogP contribution >= 0.6 is 0 Å². The van der Waals surface area contributed by atoms with Gasteiger partial charge < -0.3 is 14.9 Å². The standard InChI is InChI=1S/C23H35F3N2O3/c1-15-18(3-2-4-19(15)23(24,25)26)16-5-7-17(8-6-16)20(29)27-11-13-28(14-12-27)21(30)22(31)9-10-22/h15-19,31H,2-14H2,1H3. The predicted molar refractivity (Wildman–Crippen MR) is 109 cm³/mol. The largest absolute Gasteiger partial charge is 0.392 e. The summed E-state index contributed by atoms with van der Waals surface area (Å²) < 4.78 is 40.1. The Morgan fingerprint density at radius 3 is 2.03 bits per heavy atom. The van der Waals surface area contributed by atoms with Crippen molar-refractivity contribution in [1.82, 2.24) is 9.80 Å². The Hall–Kier alpha value is -1.31. The third-order valence-corrected chi connectivity index (χ3v) is 8.51. The molecule has 4 rings (SSSR count). The highest BCUT2D eigenvalue weighted by molar-refractivity contribution is 5.88. The minimum atomic E-state index is -4.11. The van der Waals surface area contributed by atoms with E-state index in [-0.39, 0.29) is 41.9 Å². The van der Waals surface area contributed by atoms with E-state index < -0.39 is 17.7 Å². The smallest absolute Gasteiger partial charge is 0.380 e. The Labute approximate surface area is 182 Å². The number of amides is 2. The molecule has 0 aromatic carbocycles. The zero-order chi connectivity index (χ0) is 22.4. The fourth-order valence-corrected chi connectivity index (χ4v) is 6.33. The third-order valence-electron chi connectivity index (χ3n) is 8.51. The van der Waals surface area contributed by atoms with E-state index in [1.54, 1.807) is 11.8 Å². The zero-order valence-electron chi connectivity index (χ0n) is 18.4. The summed E-state index contributed by atoms with van der Waals surface area (Å²) in [5.74, 6) is -1.25. The second kappa shape index (κ2) is 8.56. The van der Waals surface area contributed by atoms with Crippen LogP contribution in [0.3, 0.4) is 0 Å². The highest BCUT2D eigenvalue weighted by atomic mass is 19.4. The maximum atomic E-state index is 13.4. The molecule has 31 heavy (non-hydrogen) atoms. The van der Waals surface area contributed by atoms with Crippen molar-refractivity contribution in [2.24, 2.45) is 29.6 Å². The summed E-state index contributed by atoms with van der Waals surface area (Å²) >= 11 is 0. The molecule has 2 amide bonds. The van der Waals surface area contributed by atoms with Crippen LogP contribution in [0.25, 0.3) is 0 Å². The van der Waals surface area contributed by atoms with Gasteiger partial charge in [0, 0.05) is 32.1 Å². The van der Waals surface area contributed by atoms with Crippen LogP contribution in [-0.4, -0.2) is 64.7 Å². The molecular formula is C23H35F3N2O3. The summed E-state index contributed by atoms with van der Waals surface area (Å²) in [5, 5.41) is 10.0. The molecule has 0 radical (unpaired) electrons. The molecular weight excluding hydrogens is 409 g/mol. The van der Waals surface area contributed by atoms with Gasteiger partial charge in [0.05, 0.1) is 5.92 Å². The van der Waals surface area contributed by atoms with Crippen molar-refractivity contribution in [3.8, 4) is 0 Å². The number of nitrogens with zero attached hydrogens (tertiary/aromatic N) is 2. The van der Waals surface area contributed by atoms with Crippen molar-refractivity contribution in [1.29, 1.82) is 0 Å². The molecule has 0 spiro atoms. The molecule has 1 aliphatic heterocycles. The van der Waals surface area contributed by atoms with Crippen LogP contribution < -0.4 is 0 Å². The summed E-state index contributed by atoms with van der Waals surface area (Å²) in [5.41, 5.74) is -1.16. The predicted octanol–water partition coefficient (Wildman–Crippen LogP) is 3.60. The van der Waals surface area contributed by atoms with E-state index in [4.69, 9.17) is 0 Å². The SMILES string of the molecule is CC1C(C2CCC(C(=O)N3CCN(C(=O)C4(O)CC4)CC3)CC2)CCCC1C(F)(F)F.